The Morgan fingerprint density at radius 1 is 0.971 bits per heavy atom. The van der Waals surface area contributed by atoms with Gasteiger partial charge in [0.15, 0.2) is 5.78 Å². The first kappa shape index (κ1) is 22.7. The van der Waals surface area contributed by atoms with E-state index in [1.165, 1.54) is 28.7 Å². The van der Waals surface area contributed by atoms with Crippen molar-refractivity contribution >= 4 is 12.1 Å². The van der Waals surface area contributed by atoms with Gasteiger partial charge in [0.2, 0.25) is 0 Å². The van der Waals surface area contributed by atoms with Crippen LogP contribution in [0.4, 0.5) is 0 Å². The molecule has 4 aliphatic carbocycles. The van der Waals surface area contributed by atoms with Crippen LogP contribution in [0.25, 0.3) is 0 Å². The molecule has 0 unspecified atom stereocenters. The molecule has 2 aromatic rings. The molecule has 0 spiro atoms. The molecule has 35 heavy (non-hydrogen) atoms. The maximum atomic E-state index is 12.2. The molecule has 0 aromatic heterocycles. The Morgan fingerprint density at radius 2 is 1.77 bits per heavy atom. The molecule has 180 valence electrons. The van der Waals surface area contributed by atoms with E-state index in [9.17, 15) is 9.59 Å². The van der Waals surface area contributed by atoms with E-state index in [1.54, 1.807) is 5.57 Å². The molecular formula is C32H34O3. The lowest BCUT2D eigenvalue weighted by molar-refractivity contribution is -0.114. The number of ether oxygens (including phenoxy) is 1. The summed E-state index contributed by atoms with van der Waals surface area (Å²) < 4.78 is 6.66. The smallest absolute Gasteiger partial charge is 0.156 e. The second-order valence-electron chi connectivity index (χ2n) is 11.2. The molecule has 4 aliphatic rings. The highest BCUT2D eigenvalue weighted by atomic mass is 16.5. The lowest BCUT2D eigenvalue weighted by atomic mass is 9.53. The van der Waals surface area contributed by atoms with Crippen molar-refractivity contribution in [2.24, 2.45) is 17.3 Å². The van der Waals surface area contributed by atoms with Gasteiger partial charge in [0.25, 0.3) is 0 Å². The maximum Gasteiger partial charge on any atom is 0.156 e. The highest BCUT2D eigenvalue weighted by Crippen LogP contribution is 2.64. The molecule has 5 atom stereocenters. The molecule has 3 nitrogen and oxygen atoms in total. The van der Waals surface area contributed by atoms with Crippen LogP contribution in [0.15, 0.2) is 77.4 Å². The maximum absolute atomic E-state index is 12.2. The monoisotopic (exact) mass is 466 g/mol. The Kier molecular flexibility index (Phi) is 5.84. The summed E-state index contributed by atoms with van der Waals surface area (Å²) in [7, 11) is 0. The molecule has 3 heteroatoms. The minimum absolute atomic E-state index is 0.114. The normalized spacial score (nSPS) is 31.9. The van der Waals surface area contributed by atoms with E-state index in [1.807, 2.05) is 18.2 Å². The van der Waals surface area contributed by atoms with Crippen LogP contribution in [0.2, 0.25) is 0 Å². The van der Waals surface area contributed by atoms with E-state index in [4.69, 9.17) is 4.74 Å². The number of aldehydes is 1. The Labute approximate surface area is 208 Å². The van der Waals surface area contributed by atoms with Gasteiger partial charge in [-0.2, -0.15) is 0 Å². The van der Waals surface area contributed by atoms with Crippen molar-refractivity contribution in [2.45, 2.75) is 70.5 Å². The number of benzene rings is 2. The van der Waals surface area contributed by atoms with Gasteiger partial charge in [-0.1, -0.05) is 67.1 Å². The summed E-state index contributed by atoms with van der Waals surface area (Å²) in [6.07, 6.45) is 10.2. The number of ketones is 1. The summed E-state index contributed by atoms with van der Waals surface area (Å²) in [5.74, 6) is 1.77. The second kappa shape index (κ2) is 9.02. The van der Waals surface area contributed by atoms with Crippen LogP contribution >= 0.6 is 0 Å². The quantitative estimate of drug-likeness (QED) is 0.446. The van der Waals surface area contributed by atoms with Crippen LogP contribution in [0.3, 0.4) is 0 Å². The zero-order valence-corrected chi connectivity index (χ0v) is 20.5. The Morgan fingerprint density at radius 3 is 2.54 bits per heavy atom. The number of hydrogen-bond donors (Lipinski definition) is 0. The van der Waals surface area contributed by atoms with E-state index in [2.05, 4.69) is 49.4 Å². The van der Waals surface area contributed by atoms with Gasteiger partial charge in [-0.05, 0) is 84.1 Å². The van der Waals surface area contributed by atoms with Crippen LogP contribution in [0, 0.1) is 17.3 Å². The van der Waals surface area contributed by atoms with Crippen LogP contribution in [-0.2, 0) is 16.1 Å². The number of carbonyl (C=O) groups is 2. The molecule has 6 rings (SSSR count). The van der Waals surface area contributed by atoms with Crippen LogP contribution < -0.4 is 0 Å². The minimum atomic E-state index is 0.114. The van der Waals surface area contributed by atoms with Gasteiger partial charge < -0.3 is 4.74 Å². The van der Waals surface area contributed by atoms with Crippen molar-refractivity contribution in [1.82, 2.24) is 0 Å². The van der Waals surface area contributed by atoms with Crippen molar-refractivity contribution in [1.29, 1.82) is 0 Å². The number of rotatable bonds is 5. The van der Waals surface area contributed by atoms with E-state index < -0.39 is 0 Å². The first-order valence-corrected chi connectivity index (χ1v) is 13.2. The molecule has 2 aromatic carbocycles. The van der Waals surface area contributed by atoms with E-state index in [0.717, 1.165) is 44.0 Å². The first-order chi connectivity index (χ1) is 17.1. The molecule has 0 bridgehead atoms. The molecule has 0 aliphatic heterocycles. The summed E-state index contributed by atoms with van der Waals surface area (Å²) in [5.41, 5.74) is 7.73. The van der Waals surface area contributed by atoms with E-state index in [0.29, 0.717) is 30.8 Å². The largest absolute Gasteiger partial charge is 0.373 e. The molecule has 0 N–H and O–H groups in total. The summed E-state index contributed by atoms with van der Waals surface area (Å²) >= 11 is 0. The number of carbonyl (C=O) groups excluding carboxylic acids is 2. The Balaban J connectivity index is 1.39. The van der Waals surface area contributed by atoms with Gasteiger partial charge >= 0.3 is 0 Å². The Bertz CT molecular complexity index is 1190. The number of allylic oxidation sites excluding steroid dienone is 4. The zero-order chi connectivity index (χ0) is 24.0. The van der Waals surface area contributed by atoms with Gasteiger partial charge in [-0.3, -0.25) is 9.59 Å². The predicted molar refractivity (Wildman–Crippen MR) is 137 cm³/mol. The van der Waals surface area contributed by atoms with Crippen molar-refractivity contribution in [3.05, 3.63) is 94.1 Å². The van der Waals surface area contributed by atoms with Crippen LogP contribution in [0.1, 0.15) is 79.3 Å². The molecule has 0 amide bonds. The van der Waals surface area contributed by atoms with Crippen LogP contribution in [-0.4, -0.2) is 18.2 Å². The standard InChI is InChI=1S/C32H34O3/c1-32-18-28(23-9-7-21(19-33)8-10-23)31-26-14-12-25(34)17-24(26)11-13-27(31)29(32)15-16-30(32)35-20-22-5-3-2-4-6-22/h2-10,17,19,27-30H,11-16,18,20H2,1H3/t27-,28+,29-,30-,32-/m0/s1. The molecule has 0 radical (unpaired) electrons. The van der Waals surface area contributed by atoms with Crippen molar-refractivity contribution < 1.29 is 14.3 Å². The molecule has 2 fully saturated rings. The van der Waals surface area contributed by atoms with Gasteiger partial charge in [-0.25, -0.2) is 0 Å². The van der Waals surface area contributed by atoms with Gasteiger partial charge in [0.05, 0.1) is 12.7 Å². The third-order valence-electron chi connectivity index (χ3n) is 9.41. The van der Waals surface area contributed by atoms with Crippen molar-refractivity contribution in [3.63, 3.8) is 0 Å². The topological polar surface area (TPSA) is 43.4 Å². The van der Waals surface area contributed by atoms with Gasteiger partial charge in [0.1, 0.15) is 6.29 Å². The first-order valence-electron chi connectivity index (χ1n) is 13.2. The third-order valence-corrected chi connectivity index (χ3v) is 9.41. The van der Waals surface area contributed by atoms with E-state index >= 15 is 0 Å². The van der Waals surface area contributed by atoms with Crippen LogP contribution in [0.5, 0.6) is 0 Å². The molecule has 2 saturated carbocycles. The van der Waals surface area contributed by atoms with Gasteiger partial charge in [0, 0.05) is 17.9 Å². The Hall–Kier alpha value is -2.78. The SMILES string of the molecule is C[C@]12C[C@H](c3ccc(C=O)cc3)C3=C4CCC(=O)C=C4CC[C@H]3[C@@H]1CC[C@@H]2OCc1ccccc1. The minimum Gasteiger partial charge on any atom is -0.373 e. The number of hydrogen-bond acceptors (Lipinski definition) is 3. The second-order valence-corrected chi connectivity index (χ2v) is 11.2. The fraction of sp³-hybridized carbons (Fsp3) is 0.438. The fourth-order valence-corrected chi connectivity index (χ4v) is 7.76. The highest BCUT2D eigenvalue weighted by Gasteiger charge is 2.57. The molecular weight excluding hydrogens is 432 g/mol. The molecule has 0 heterocycles. The van der Waals surface area contributed by atoms with E-state index in [-0.39, 0.29) is 17.3 Å². The fourth-order valence-electron chi connectivity index (χ4n) is 7.76. The highest BCUT2D eigenvalue weighted by molar-refractivity contribution is 5.93. The molecule has 0 saturated heterocycles. The summed E-state index contributed by atoms with van der Waals surface area (Å²) in [5, 5.41) is 0. The summed E-state index contributed by atoms with van der Waals surface area (Å²) in [6.45, 7) is 3.14. The van der Waals surface area contributed by atoms with Crippen molar-refractivity contribution in [3.8, 4) is 0 Å². The van der Waals surface area contributed by atoms with Gasteiger partial charge in [-0.15, -0.1) is 0 Å². The zero-order valence-electron chi connectivity index (χ0n) is 20.5. The summed E-state index contributed by atoms with van der Waals surface area (Å²) in [4.78, 5) is 23.5. The van der Waals surface area contributed by atoms with Crippen molar-refractivity contribution in [2.75, 3.05) is 0 Å². The number of fused-ring (bicyclic) bond motifs is 4. The average Bonchev–Trinajstić information content (AvgIpc) is 3.23. The average molecular weight is 467 g/mol. The lowest BCUT2D eigenvalue weighted by Gasteiger charge is -2.52. The summed E-state index contributed by atoms with van der Waals surface area (Å²) in [6, 6.07) is 18.7. The third kappa shape index (κ3) is 3.94. The predicted octanol–water partition coefficient (Wildman–Crippen LogP) is 6.98. The lowest BCUT2D eigenvalue weighted by Crippen LogP contribution is -2.45.